The lowest BCUT2D eigenvalue weighted by atomic mass is 10.00. The van der Waals surface area contributed by atoms with Gasteiger partial charge in [-0.1, -0.05) is 17.7 Å². The van der Waals surface area contributed by atoms with Crippen LogP contribution in [0.4, 0.5) is 11.4 Å². The van der Waals surface area contributed by atoms with Crippen LogP contribution in [-0.4, -0.2) is 50.7 Å². The average Bonchev–Trinajstić information content (AvgIpc) is 2.74. The van der Waals surface area contributed by atoms with Gasteiger partial charge in [-0.2, -0.15) is 4.31 Å². The number of rotatable bonds is 3. The van der Waals surface area contributed by atoms with E-state index in [-0.39, 0.29) is 4.90 Å². The molecule has 0 aliphatic carbocycles. The summed E-state index contributed by atoms with van der Waals surface area (Å²) >= 11 is 5.65. The van der Waals surface area contributed by atoms with Crippen molar-refractivity contribution in [2.24, 2.45) is 0 Å². The number of thiocarbonyl (C=S) groups is 1. The maximum Gasteiger partial charge on any atom is 0.243 e. The van der Waals surface area contributed by atoms with Gasteiger partial charge in [0.25, 0.3) is 0 Å². The molecule has 29 heavy (non-hydrogen) atoms. The molecule has 2 aliphatic heterocycles. The normalized spacial score (nSPS) is 17.6. The first kappa shape index (κ1) is 20.3. The molecular formula is C21H25N3O3S2. The number of fused-ring (bicyclic) bond motifs is 1. The van der Waals surface area contributed by atoms with Crippen LogP contribution in [0.15, 0.2) is 47.4 Å². The third-order valence-electron chi connectivity index (χ3n) is 5.31. The Hall–Kier alpha value is -2.00. The summed E-state index contributed by atoms with van der Waals surface area (Å²) in [5.41, 5.74) is 4.48. The van der Waals surface area contributed by atoms with Crippen molar-refractivity contribution < 1.29 is 13.2 Å². The van der Waals surface area contributed by atoms with Gasteiger partial charge in [0.2, 0.25) is 10.0 Å². The molecule has 0 unspecified atom stereocenters. The predicted octanol–water partition coefficient (Wildman–Crippen LogP) is 3.17. The van der Waals surface area contributed by atoms with E-state index in [1.807, 2.05) is 0 Å². The Kier molecular flexibility index (Phi) is 5.87. The lowest BCUT2D eigenvalue weighted by Gasteiger charge is -2.32. The highest BCUT2D eigenvalue weighted by molar-refractivity contribution is 7.89. The number of morpholine rings is 1. The van der Waals surface area contributed by atoms with E-state index in [4.69, 9.17) is 17.0 Å². The van der Waals surface area contributed by atoms with E-state index in [1.165, 1.54) is 15.4 Å². The Labute approximate surface area is 177 Å². The number of benzene rings is 2. The molecule has 0 radical (unpaired) electrons. The van der Waals surface area contributed by atoms with Crippen molar-refractivity contribution in [1.82, 2.24) is 4.31 Å². The monoisotopic (exact) mass is 431 g/mol. The Morgan fingerprint density at radius 3 is 2.52 bits per heavy atom. The Morgan fingerprint density at radius 1 is 1.07 bits per heavy atom. The number of nitrogens with zero attached hydrogens (tertiary/aromatic N) is 2. The molecule has 1 N–H and O–H groups in total. The van der Waals surface area contributed by atoms with Crippen molar-refractivity contribution in [3.63, 3.8) is 0 Å². The largest absolute Gasteiger partial charge is 0.379 e. The van der Waals surface area contributed by atoms with Gasteiger partial charge in [-0.15, -0.1) is 0 Å². The van der Waals surface area contributed by atoms with Gasteiger partial charge in [0.05, 0.1) is 18.1 Å². The first-order valence-electron chi connectivity index (χ1n) is 9.81. The van der Waals surface area contributed by atoms with Gasteiger partial charge in [-0.25, -0.2) is 8.42 Å². The van der Waals surface area contributed by atoms with Crippen molar-refractivity contribution in [1.29, 1.82) is 0 Å². The molecule has 154 valence electrons. The summed E-state index contributed by atoms with van der Waals surface area (Å²) in [4.78, 5) is 2.40. The van der Waals surface area contributed by atoms with Gasteiger partial charge in [0.15, 0.2) is 5.11 Å². The lowest BCUT2D eigenvalue weighted by Crippen LogP contribution is -2.40. The molecule has 1 fully saturated rings. The highest BCUT2D eigenvalue weighted by atomic mass is 32.2. The van der Waals surface area contributed by atoms with Gasteiger partial charge in [-0.3, -0.25) is 0 Å². The SMILES string of the molecule is Cc1ccc2c(c1)CCCN2C(=S)Nc1ccc(S(=O)(=O)N2CCOCC2)cc1. The smallest absolute Gasteiger partial charge is 0.243 e. The number of aryl methyl sites for hydroxylation is 2. The molecule has 6 nitrogen and oxygen atoms in total. The molecule has 0 atom stereocenters. The second-order valence-electron chi connectivity index (χ2n) is 7.36. The zero-order valence-electron chi connectivity index (χ0n) is 16.4. The fourth-order valence-electron chi connectivity index (χ4n) is 3.77. The number of anilines is 2. The molecule has 8 heteroatoms. The van der Waals surface area contributed by atoms with Crippen molar-refractivity contribution >= 4 is 38.7 Å². The molecule has 0 amide bonds. The highest BCUT2D eigenvalue weighted by Gasteiger charge is 2.26. The van der Waals surface area contributed by atoms with Crippen molar-refractivity contribution in [2.45, 2.75) is 24.7 Å². The number of hydrogen-bond acceptors (Lipinski definition) is 4. The first-order valence-corrected chi connectivity index (χ1v) is 11.7. The van der Waals surface area contributed by atoms with Crippen molar-refractivity contribution in [3.8, 4) is 0 Å². The Balaban J connectivity index is 1.48. The molecule has 2 aromatic carbocycles. The van der Waals surface area contributed by atoms with E-state index in [9.17, 15) is 8.42 Å². The van der Waals surface area contributed by atoms with Gasteiger partial charge < -0.3 is 15.0 Å². The second-order valence-corrected chi connectivity index (χ2v) is 9.68. The van der Waals surface area contributed by atoms with Gasteiger partial charge in [0, 0.05) is 31.0 Å². The number of sulfonamides is 1. The average molecular weight is 432 g/mol. The summed E-state index contributed by atoms with van der Waals surface area (Å²) in [5.74, 6) is 0. The molecule has 0 saturated carbocycles. The third kappa shape index (κ3) is 4.30. The second kappa shape index (κ2) is 8.39. The van der Waals surface area contributed by atoms with Gasteiger partial charge in [-0.05, 0) is 67.9 Å². The van der Waals surface area contributed by atoms with Crippen LogP contribution in [0.25, 0.3) is 0 Å². The van der Waals surface area contributed by atoms with E-state index >= 15 is 0 Å². The van der Waals surface area contributed by atoms with Crippen LogP contribution in [0, 0.1) is 6.92 Å². The summed E-state index contributed by atoms with van der Waals surface area (Å²) in [7, 11) is -3.49. The molecule has 0 bridgehead atoms. The summed E-state index contributed by atoms with van der Waals surface area (Å²) in [6, 6.07) is 13.2. The first-order chi connectivity index (χ1) is 13.9. The molecule has 1 saturated heterocycles. The molecule has 2 aliphatic rings. The molecule has 2 aromatic rings. The van der Waals surface area contributed by atoms with Crippen LogP contribution in [0.1, 0.15) is 17.5 Å². The summed E-state index contributed by atoms with van der Waals surface area (Å²) in [6.45, 7) is 4.61. The standard InChI is InChI=1S/C21H25N3O3S2/c1-16-4-9-20-17(15-16)3-2-10-24(20)21(28)22-18-5-7-19(8-6-18)29(25,26)23-11-13-27-14-12-23/h4-9,15H,2-3,10-14H2,1H3,(H,22,28). The molecular weight excluding hydrogens is 406 g/mol. The van der Waals surface area contributed by atoms with Crippen LogP contribution in [0.5, 0.6) is 0 Å². The fraction of sp³-hybridized carbons (Fsp3) is 0.381. The zero-order valence-corrected chi connectivity index (χ0v) is 18.1. The fourth-order valence-corrected chi connectivity index (χ4v) is 5.49. The lowest BCUT2D eigenvalue weighted by molar-refractivity contribution is 0.0730. The topological polar surface area (TPSA) is 61.9 Å². The van der Waals surface area contributed by atoms with Crippen LogP contribution in [-0.2, 0) is 21.2 Å². The number of hydrogen-bond donors (Lipinski definition) is 1. The van der Waals surface area contributed by atoms with Crippen LogP contribution >= 0.6 is 12.2 Å². The molecule has 2 heterocycles. The van der Waals surface area contributed by atoms with Crippen molar-refractivity contribution in [2.75, 3.05) is 43.1 Å². The van der Waals surface area contributed by atoms with Crippen LogP contribution < -0.4 is 10.2 Å². The Bertz CT molecular complexity index is 1000. The molecule has 0 aromatic heterocycles. The van der Waals surface area contributed by atoms with E-state index in [0.717, 1.165) is 30.8 Å². The maximum atomic E-state index is 12.7. The molecule has 4 rings (SSSR count). The maximum absolute atomic E-state index is 12.7. The summed E-state index contributed by atoms with van der Waals surface area (Å²) in [6.07, 6.45) is 2.11. The van der Waals surface area contributed by atoms with Gasteiger partial charge in [0.1, 0.15) is 0 Å². The highest BCUT2D eigenvalue weighted by Crippen LogP contribution is 2.29. The minimum atomic E-state index is -3.49. The molecule has 0 spiro atoms. The number of nitrogens with one attached hydrogen (secondary N) is 1. The van der Waals surface area contributed by atoms with Crippen LogP contribution in [0.3, 0.4) is 0 Å². The minimum Gasteiger partial charge on any atom is -0.379 e. The summed E-state index contributed by atoms with van der Waals surface area (Å²) < 4.78 is 32.2. The van der Waals surface area contributed by atoms with E-state index in [0.29, 0.717) is 31.4 Å². The van der Waals surface area contributed by atoms with Crippen molar-refractivity contribution in [3.05, 3.63) is 53.6 Å². The quantitative estimate of drug-likeness (QED) is 0.754. The van der Waals surface area contributed by atoms with Gasteiger partial charge >= 0.3 is 0 Å². The number of ether oxygens (including phenoxy) is 1. The Morgan fingerprint density at radius 2 is 1.79 bits per heavy atom. The van der Waals surface area contributed by atoms with E-state index < -0.39 is 10.0 Å². The van der Waals surface area contributed by atoms with Crippen LogP contribution in [0.2, 0.25) is 0 Å². The summed E-state index contributed by atoms with van der Waals surface area (Å²) in [5, 5.41) is 3.88. The minimum absolute atomic E-state index is 0.287. The van der Waals surface area contributed by atoms with E-state index in [1.54, 1.807) is 24.3 Å². The predicted molar refractivity (Wildman–Crippen MR) is 119 cm³/mol. The zero-order chi connectivity index (χ0) is 20.4. The third-order valence-corrected chi connectivity index (χ3v) is 7.55. The van der Waals surface area contributed by atoms with E-state index in [2.05, 4.69) is 35.3 Å².